The van der Waals surface area contributed by atoms with Gasteiger partial charge in [-0.3, -0.25) is 0 Å². The molecule has 1 unspecified atom stereocenters. The van der Waals surface area contributed by atoms with Crippen molar-refractivity contribution >= 4 is 9.84 Å². The summed E-state index contributed by atoms with van der Waals surface area (Å²) in [6, 6.07) is 15.7. The van der Waals surface area contributed by atoms with Crippen LogP contribution < -0.4 is 4.74 Å². The lowest BCUT2D eigenvalue weighted by atomic mass is 10.2. The van der Waals surface area contributed by atoms with Gasteiger partial charge in [0.1, 0.15) is 5.75 Å². The minimum Gasteiger partial charge on any atom is -0.497 e. The number of ether oxygens (including phenoxy) is 2. The van der Waals surface area contributed by atoms with Crippen LogP contribution in [0, 0.1) is 0 Å². The lowest BCUT2D eigenvalue weighted by Crippen LogP contribution is -2.15. The van der Waals surface area contributed by atoms with Gasteiger partial charge in [0.2, 0.25) is 0 Å². The van der Waals surface area contributed by atoms with Gasteiger partial charge in [0, 0.05) is 0 Å². The maximum Gasteiger partial charge on any atom is 0.181 e. The zero-order valence-electron chi connectivity index (χ0n) is 14.0. The summed E-state index contributed by atoms with van der Waals surface area (Å²) in [6.07, 6.45) is 2.52. The number of sulfone groups is 1. The van der Waals surface area contributed by atoms with E-state index >= 15 is 0 Å². The fourth-order valence-corrected chi connectivity index (χ4v) is 3.28. The topological polar surface area (TPSA) is 72.8 Å². The third-order valence-corrected chi connectivity index (χ3v) is 5.19. The lowest BCUT2D eigenvalue weighted by Gasteiger charge is -2.12. The zero-order chi connectivity index (χ0) is 18.1. The normalized spacial score (nSPS) is 13.0. The van der Waals surface area contributed by atoms with Crippen molar-refractivity contribution in [3.8, 4) is 5.75 Å². The van der Waals surface area contributed by atoms with E-state index in [4.69, 9.17) is 9.47 Å². The van der Waals surface area contributed by atoms with Gasteiger partial charge in [-0.1, -0.05) is 42.5 Å². The van der Waals surface area contributed by atoms with Crippen LogP contribution in [0.3, 0.4) is 0 Å². The van der Waals surface area contributed by atoms with Gasteiger partial charge in [0.05, 0.1) is 37.1 Å². The third kappa shape index (κ3) is 6.01. The first-order valence-electron chi connectivity index (χ1n) is 7.85. The Labute approximate surface area is 148 Å². The number of rotatable bonds is 9. The summed E-state index contributed by atoms with van der Waals surface area (Å²) in [4.78, 5) is 0.277. The van der Waals surface area contributed by atoms with Gasteiger partial charge in [0.25, 0.3) is 0 Å². The first kappa shape index (κ1) is 19.2. The number of hydrogen-bond acceptors (Lipinski definition) is 5. The molecule has 0 aliphatic rings. The molecule has 0 radical (unpaired) electrons. The van der Waals surface area contributed by atoms with E-state index in [1.807, 2.05) is 24.3 Å². The monoisotopic (exact) mass is 362 g/mol. The van der Waals surface area contributed by atoms with Gasteiger partial charge >= 0.3 is 0 Å². The lowest BCUT2D eigenvalue weighted by molar-refractivity contribution is 0.0321. The molecular formula is C19H22O5S. The quantitative estimate of drug-likeness (QED) is 0.694. The Hall–Kier alpha value is -2.15. The maximum atomic E-state index is 12.2. The number of aliphatic hydroxyl groups excluding tert-OH is 1. The van der Waals surface area contributed by atoms with Crippen LogP contribution in [0.2, 0.25) is 0 Å². The minimum absolute atomic E-state index is 0.139. The molecule has 0 fully saturated rings. The summed E-state index contributed by atoms with van der Waals surface area (Å²) >= 11 is 0. The van der Waals surface area contributed by atoms with Gasteiger partial charge in [-0.05, 0) is 29.8 Å². The number of benzene rings is 2. The first-order valence-corrected chi connectivity index (χ1v) is 9.50. The Morgan fingerprint density at radius 1 is 1.08 bits per heavy atom. The minimum atomic E-state index is -3.38. The van der Waals surface area contributed by atoms with Crippen LogP contribution in [0.5, 0.6) is 5.75 Å². The molecule has 6 heteroatoms. The average molecular weight is 362 g/mol. The largest absolute Gasteiger partial charge is 0.497 e. The average Bonchev–Trinajstić information content (AvgIpc) is 2.65. The highest BCUT2D eigenvalue weighted by Crippen LogP contribution is 2.13. The molecule has 0 saturated heterocycles. The van der Waals surface area contributed by atoms with Crippen LogP contribution in [-0.2, 0) is 21.2 Å². The molecule has 0 heterocycles. The Balaban J connectivity index is 1.89. The van der Waals surface area contributed by atoms with E-state index in [1.165, 1.54) is 6.08 Å². The fourth-order valence-electron chi connectivity index (χ4n) is 2.15. The van der Waals surface area contributed by atoms with Crippen molar-refractivity contribution in [3.63, 3.8) is 0 Å². The summed E-state index contributed by atoms with van der Waals surface area (Å²) in [5, 5.41) is 9.39. The van der Waals surface area contributed by atoms with Gasteiger partial charge in [-0.15, -0.1) is 0 Å². The van der Waals surface area contributed by atoms with E-state index < -0.39 is 15.9 Å². The molecule has 1 atom stereocenters. The second kappa shape index (κ2) is 9.36. The van der Waals surface area contributed by atoms with Gasteiger partial charge in [0.15, 0.2) is 9.84 Å². The van der Waals surface area contributed by atoms with Crippen LogP contribution >= 0.6 is 0 Å². The van der Waals surface area contributed by atoms with Crippen LogP contribution in [0.1, 0.15) is 5.56 Å². The van der Waals surface area contributed by atoms with Crippen molar-refractivity contribution in [2.45, 2.75) is 17.6 Å². The highest BCUT2D eigenvalue weighted by Gasteiger charge is 2.12. The smallest absolute Gasteiger partial charge is 0.181 e. The molecule has 0 aliphatic carbocycles. The Morgan fingerprint density at radius 3 is 2.36 bits per heavy atom. The van der Waals surface area contributed by atoms with Crippen molar-refractivity contribution in [3.05, 3.63) is 72.3 Å². The van der Waals surface area contributed by atoms with Gasteiger partial charge in [-0.2, -0.15) is 0 Å². The molecule has 2 rings (SSSR count). The van der Waals surface area contributed by atoms with E-state index in [0.29, 0.717) is 6.61 Å². The Morgan fingerprint density at radius 2 is 1.76 bits per heavy atom. The highest BCUT2D eigenvalue weighted by molar-refractivity contribution is 7.91. The molecule has 0 spiro atoms. The third-order valence-electron chi connectivity index (χ3n) is 3.57. The summed E-state index contributed by atoms with van der Waals surface area (Å²) in [7, 11) is -1.78. The summed E-state index contributed by atoms with van der Waals surface area (Å²) in [5.41, 5.74) is 0.935. The predicted molar refractivity (Wildman–Crippen MR) is 96.3 cm³/mol. The predicted octanol–water partition coefficient (Wildman–Crippen LogP) is 2.60. The second-order valence-electron chi connectivity index (χ2n) is 5.40. The molecule has 0 bridgehead atoms. The van der Waals surface area contributed by atoms with Gasteiger partial charge in [-0.25, -0.2) is 8.42 Å². The highest BCUT2D eigenvalue weighted by atomic mass is 32.2. The van der Waals surface area contributed by atoms with Crippen LogP contribution in [0.15, 0.2) is 71.6 Å². The maximum absolute atomic E-state index is 12.2. The van der Waals surface area contributed by atoms with Crippen molar-refractivity contribution < 1.29 is 23.0 Å². The summed E-state index contributed by atoms with van der Waals surface area (Å²) < 4.78 is 35.0. The Bertz CT molecular complexity index is 767. The van der Waals surface area contributed by atoms with Crippen LogP contribution in [0.25, 0.3) is 0 Å². The molecule has 5 nitrogen and oxygen atoms in total. The van der Waals surface area contributed by atoms with Crippen LogP contribution in [-0.4, -0.2) is 39.1 Å². The van der Waals surface area contributed by atoms with E-state index in [-0.39, 0.29) is 17.3 Å². The van der Waals surface area contributed by atoms with Crippen molar-refractivity contribution in [2.75, 3.05) is 19.5 Å². The van der Waals surface area contributed by atoms with Crippen molar-refractivity contribution in [2.24, 2.45) is 0 Å². The number of hydrogen-bond donors (Lipinski definition) is 1. The molecule has 0 aromatic heterocycles. The number of aliphatic hydroxyl groups is 1. The standard InChI is InChI=1S/C19H22O5S/c1-23-17-11-9-16(10-12-17)15-24-18(14-20)6-5-13-25(21,22)19-7-3-2-4-8-19/h2-12,18,20H,13-15H2,1H3/b6-5+. The van der Waals surface area contributed by atoms with E-state index in [1.54, 1.807) is 43.5 Å². The van der Waals surface area contributed by atoms with Crippen molar-refractivity contribution in [1.82, 2.24) is 0 Å². The molecule has 0 amide bonds. The van der Waals surface area contributed by atoms with E-state index in [9.17, 15) is 13.5 Å². The summed E-state index contributed by atoms with van der Waals surface area (Å²) in [5.74, 6) is 0.618. The van der Waals surface area contributed by atoms with Crippen LogP contribution in [0.4, 0.5) is 0 Å². The Kier molecular flexibility index (Phi) is 7.18. The molecule has 2 aromatic rings. The molecule has 1 N–H and O–H groups in total. The molecule has 134 valence electrons. The summed E-state index contributed by atoms with van der Waals surface area (Å²) in [6.45, 7) is 0.0863. The SMILES string of the molecule is COc1ccc(COC(/C=C/CS(=O)(=O)c2ccccc2)CO)cc1. The van der Waals surface area contributed by atoms with Crippen molar-refractivity contribution in [1.29, 1.82) is 0 Å². The van der Waals surface area contributed by atoms with Gasteiger partial charge < -0.3 is 14.6 Å². The fraction of sp³-hybridized carbons (Fsp3) is 0.263. The van der Waals surface area contributed by atoms with E-state index in [2.05, 4.69) is 0 Å². The molecule has 2 aromatic carbocycles. The zero-order valence-corrected chi connectivity index (χ0v) is 14.9. The second-order valence-corrected chi connectivity index (χ2v) is 7.44. The molecular weight excluding hydrogens is 340 g/mol. The molecule has 0 aliphatic heterocycles. The number of methoxy groups -OCH3 is 1. The first-order chi connectivity index (χ1) is 12.0. The van der Waals surface area contributed by atoms with E-state index in [0.717, 1.165) is 11.3 Å². The molecule has 0 saturated carbocycles. The molecule has 25 heavy (non-hydrogen) atoms.